The molecule has 0 aliphatic carbocycles. The lowest BCUT2D eigenvalue weighted by molar-refractivity contribution is -0.117. The highest BCUT2D eigenvalue weighted by Gasteiger charge is 2.26. The Labute approximate surface area is 164 Å². The third kappa shape index (κ3) is 3.41. The number of hydrogen-bond donors (Lipinski definition) is 1. The van der Waals surface area contributed by atoms with E-state index in [1.54, 1.807) is 24.3 Å². The molecule has 1 aliphatic rings. The summed E-state index contributed by atoms with van der Waals surface area (Å²) in [6.07, 6.45) is 0. The molecule has 1 amide bonds. The van der Waals surface area contributed by atoms with E-state index in [4.69, 9.17) is 11.6 Å². The number of aromatic nitrogens is 3. The number of nitrogens with zero attached hydrogens (tertiary/aromatic N) is 4. The van der Waals surface area contributed by atoms with Gasteiger partial charge in [-0.25, -0.2) is 4.68 Å². The molecule has 2 aromatic carbocycles. The van der Waals surface area contributed by atoms with Crippen LogP contribution in [0.3, 0.4) is 0 Å². The zero-order chi connectivity index (χ0) is 19.7. The normalized spacial score (nSPS) is 12.7. The van der Waals surface area contributed by atoms with Crippen molar-refractivity contribution in [3.8, 4) is 0 Å². The van der Waals surface area contributed by atoms with E-state index in [-0.39, 0.29) is 6.54 Å². The number of carbonyl (C=O) groups is 1. The monoisotopic (exact) mass is 397 g/mol. The SMILES string of the molecule is O=C(Cn1nc2n(c(=O)c1=O)CCN2c1ccccc1)Nc1ccc(Cl)cc1. The van der Waals surface area contributed by atoms with Crippen LogP contribution in [0.2, 0.25) is 5.02 Å². The lowest BCUT2D eigenvalue weighted by Crippen LogP contribution is -2.44. The Bertz CT molecular complexity index is 1140. The summed E-state index contributed by atoms with van der Waals surface area (Å²) in [7, 11) is 0. The fourth-order valence-electron chi connectivity index (χ4n) is 3.05. The summed E-state index contributed by atoms with van der Waals surface area (Å²) in [5.74, 6) is -0.124. The van der Waals surface area contributed by atoms with Crippen molar-refractivity contribution in [2.75, 3.05) is 16.8 Å². The first-order valence-electron chi connectivity index (χ1n) is 8.63. The van der Waals surface area contributed by atoms with Gasteiger partial charge in [-0.3, -0.25) is 19.0 Å². The van der Waals surface area contributed by atoms with Gasteiger partial charge in [0.15, 0.2) is 0 Å². The van der Waals surface area contributed by atoms with Crippen molar-refractivity contribution < 1.29 is 4.79 Å². The van der Waals surface area contributed by atoms with E-state index in [0.29, 0.717) is 29.7 Å². The third-order valence-corrected chi connectivity index (χ3v) is 4.64. The van der Waals surface area contributed by atoms with Crippen LogP contribution in [0.4, 0.5) is 17.3 Å². The Morgan fingerprint density at radius 1 is 1.00 bits per heavy atom. The largest absolute Gasteiger partial charge is 0.333 e. The standard InChI is InChI=1S/C19H16ClN5O3/c20-13-6-8-14(9-7-13)21-16(26)12-25-18(28)17(27)24-11-10-23(19(24)22-25)15-4-2-1-3-5-15/h1-9H,10-12H2,(H,21,26). The van der Waals surface area contributed by atoms with E-state index in [9.17, 15) is 14.4 Å². The predicted molar refractivity (Wildman–Crippen MR) is 106 cm³/mol. The highest BCUT2D eigenvalue weighted by molar-refractivity contribution is 6.30. The van der Waals surface area contributed by atoms with Crippen molar-refractivity contribution in [2.24, 2.45) is 0 Å². The van der Waals surface area contributed by atoms with Crippen molar-refractivity contribution in [2.45, 2.75) is 13.1 Å². The summed E-state index contributed by atoms with van der Waals surface area (Å²) in [4.78, 5) is 39.0. The van der Waals surface area contributed by atoms with E-state index in [1.807, 2.05) is 35.2 Å². The van der Waals surface area contributed by atoms with E-state index in [2.05, 4.69) is 10.4 Å². The molecule has 0 spiro atoms. The molecular formula is C19H16ClN5O3. The van der Waals surface area contributed by atoms with Gasteiger partial charge in [-0.15, -0.1) is 5.10 Å². The van der Waals surface area contributed by atoms with Crippen LogP contribution in [0, 0.1) is 0 Å². The molecular weight excluding hydrogens is 382 g/mol. The summed E-state index contributed by atoms with van der Waals surface area (Å²) >= 11 is 5.82. The van der Waals surface area contributed by atoms with Crippen molar-refractivity contribution in [1.29, 1.82) is 0 Å². The van der Waals surface area contributed by atoms with Gasteiger partial charge in [-0.2, -0.15) is 0 Å². The summed E-state index contributed by atoms with van der Waals surface area (Å²) in [6, 6.07) is 16.0. The molecule has 28 heavy (non-hydrogen) atoms. The van der Waals surface area contributed by atoms with Gasteiger partial charge >= 0.3 is 11.1 Å². The molecule has 0 radical (unpaired) electrons. The minimum Gasteiger partial charge on any atom is -0.324 e. The van der Waals surface area contributed by atoms with Crippen molar-refractivity contribution in [3.05, 3.63) is 80.3 Å². The zero-order valence-electron chi connectivity index (χ0n) is 14.7. The van der Waals surface area contributed by atoms with E-state index >= 15 is 0 Å². The number of anilines is 3. The molecule has 1 aliphatic heterocycles. The first-order valence-corrected chi connectivity index (χ1v) is 9.01. The topological polar surface area (TPSA) is 89.2 Å². The number of benzene rings is 2. The van der Waals surface area contributed by atoms with E-state index in [1.165, 1.54) is 4.57 Å². The third-order valence-electron chi connectivity index (χ3n) is 4.39. The van der Waals surface area contributed by atoms with Crippen molar-refractivity contribution in [3.63, 3.8) is 0 Å². The van der Waals surface area contributed by atoms with E-state index in [0.717, 1.165) is 10.4 Å². The summed E-state index contributed by atoms with van der Waals surface area (Å²) < 4.78 is 2.24. The number of fused-ring (bicyclic) bond motifs is 1. The summed E-state index contributed by atoms with van der Waals surface area (Å²) in [5.41, 5.74) is -0.129. The second kappa shape index (κ2) is 7.32. The number of para-hydroxylation sites is 1. The van der Waals surface area contributed by atoms with Crippen LogP contribution in [-0.4, -0.2) is 26.8 Å². The lowest BCUT2D eigenvalue weighted by Gasteiger charge is -2.17. The lowest BCUT2D eigenvalue weighted by atomic mass is 10.3. The van der Waals surface area contributed by atoms with Gasteiger partial charge in [0.05, 0.1) is 0 Å². The summed E-state index contributed by atoms with van der Waals surface area (Å²) in [6.45, 7) is 0.517. The molecule has 4 rings (SSSR count). The number of amides is 1. The maximum absolute atomic E-state index is 12.5. The molecule has 0 unspecified atom stereocenters. The fourth-order valence-corrected chi connectivity index (χ4v) is 3.18. The highest BCUT2D eigenvalue weighted by atomic mass is 35.5. The average Bonchev–Trinajstić information content (AvgIpc) is 3.12. The van der Waals surface area contributed by atoms with Gasteiger partial charge in [-0.05, 0) is 36.4 Å². The number of halogens is 1. The maximum Gasteiger partial charge on any atom is 0.333 e. The Morgan fingerprint density at radius 3 is 2.43 bits per heavy atom. The second-order valence-electron chi connectivity index (χ2n) is 6.26. The average molecular weight is 398 g/mol. The molecule has 0 saturated carbocycles. The molecule has 3 aromatic rings. The van der Waals surface area contributed by atoms with Crippen LogP contribution in [0.25, 0.3) is 0 Å². The van der Waals surface area contributed by atoms with Gasteiger partial charge in [0.25, 0.3) is 0 Å². The van der Waals surface area contributed by atoms with E-state index < -0.39 is 17.0 Å². The number of carbonyl (C=O) groups excluding carboxylic acids is 1. The number of rotatable bonds is 4. The predicted octanol–water partition coefficient (Wildman–Crippen LogP) is 1.85. The van der Waals surface area contributed by atoms with Crippen LogP contribution < -0.4 is 21.3 Å². The highest BCUT2D eigenvalue weighted by Crippen LogP contribution is 2.25. The first-order chi connectivity index (χ1) is 13.5. The van der Waals surface area contributed by atoms with Crippen molar-refractivity contribution in [1.82, 2.24) is 14.3 Å². The van der Waals surface area contributed by atoms with Crippen LogP contribution in [0.15, 0.2) is 64.2 Å². The molecule has 1 N–H and O–H groups in total. The molecule has 0 bridgehead atoms. The summed E-state index contributed by atoms with van der Waals surface area (Å²) in [5, 5.41) is 7.48. The Morgan fingerprint density at radius 2 is 1.71 bits per heavy atom. The Kier molecular flexibility index (Phi) is 4.70. The molecule has 9 heteroatoms. The van der Waals surface area contributed by atoms with Crippen molar-refractivity contribution >= 4 is 34.8 Å². The molecule has 0 saturated heterocycles. The van der Waals surface area contributed by atoms with Crippen LogP contribution in [-0.2, 0) is 17.9 Å². The minimum absolute atomic E-state index is 0.343. The van der Waals surface area contributed by atoms with Gasteiger partial charge in [-0.1, -0.05) is 29.8 Å². The Hall–Kier alpha value is -3.39. The van der Waals surface area contributed by atoms with Crippen LogP contribution >= 0.6 is 11.6 Å². The van der Waals surface area contributed by atoms with Crippen LogP contribution in [0.5, 0.6) is 0 Å². The molecule has 8 nitrogen and oxygen atoms in total. The first kappa shape index (κ1) is 18.0. The smallest absolute Gasteiger partial charge is 0.324 e. The zero-order valence-corrected chi connectivity index (χ0v) is 15.5. The number of nitrogens with one attached hydrogen (secondary N) is 1. The van der Waals surface area contributed by atoms with Crippen LogP contribution in [0.1, 0.15) is 0 Å². The molecule has 0 fully saturated rings. The van der Waals surface area contributed by atoms with Gasteiger partial charge in [0.2, 0.25) is 11.9 Å². The fraction of sp³-hybridized carbons (Fsp3) is 0.158. The number of hydrogen-bond acceptors (Lipinski definition) is 5. The molecule has 2 heterocycles. The molecule has 0 atom stereocenters. The second-order valence-corrected chi connectivity index (χ2v) is 6.70. The van der Waals surface area contributed by atoms with Gasteiger partial charge in [0.1, 0.15) is 6.54 Å². The van der Waals surface area contributed by atoms with Gasteiger partial charge in [0, 0.05) is 29.5 Å². The maximum atomic E-state index is 12.5. The quantitative estimate of drug-likeness (QED) is 0.679. The Balaban J connectivity index is 1.62. The minimum atomic E-state index is -0.829. The molecule has 1 aromatic heterocycles. The van der Waals surface area contributed by atoms with Gasteiger partial charge < -0.3 is 10.2 Å². The molecule has 142 valence electrons.